The smallest absolute Gasteiger partial charge is 0.407 e. The van der Waals surface area contributed by atoms with Crippen molar-refractivity contribution < 1.29 is 27.5 Å². The molecule has 6 N–H and O–H groups in total. The van der Waals surface area contributed by atoms with Crippen LogP contribution in [-0.4, -0.2) is 61.5 Å². The Morgan fingerprint density at radius 3 is 2.25 bits per heavy atom. The van der Waals surface area contributed by atoms with E-state index in [0.29, 0.717) is 36.1 Å². The molecule has 0 saturated heterocycles. The first kappa shape index (κ1) is 37.3. The number of H-pyrrole nitrogens is 2. The molecule has 1 aliphatic carbocycles. The van der Waals surface area contributed by atoms with Gasteiger partial charge < -0.3 is 30.7 Å². The number of rotatable bonds is 11. The van der Waals surface area contributed by atoms with Crippen LogP contribution in [0.1, 0.15) is 57.6 Å². The van der Waals surface area contributed by atoms with Gasteiger partial charge in [0, 0.05) is 24.6 Å². The van der Waals surface area contributed by atoms with Crippen LogP contribution in [0.25, 0.3) is 22.2 Å². The second-order valence-electron chi connectivity index (χ2n) is 14.1. The van der Waals surface area contributed by atoms with E-state index in [4.69, 9.17) is 4.74 Å². The largest absolute Gasteiger partial charge is 0.444 e. The summed E-state index contributed by atoms with van der Waals surface area (Å²) in [6, 6.07) is 16.7. The lowest BCUT2D eigenvalue weighted by molar-refractivity contribution is -0.130. The lowest BCUT2D eigenvalue weighted by Crippen LogP contribution is -2.48. The van der Waals surface area contributed by atoms with Crippen molar-refractivity contribution in [1.29, 1.82) is 0 Å². The fourth-order valence-electron chi connectivity index (χ4n) is 6.31. The number of carbonyl (C=O) groups is 3. The number of hydrogen-bond acceptors (Lipinski definition) is 7. The lowest BCUT2D eigenvalue weighted by Gasteiger charge is -2.29. The van der Waals surface area contributed by atoms with Crippen molar-refractivity contribution in [3.8, 4) is 11.1 Å². The number of aromatic nitrogens is 2. The van der Waals surface area contributed by atoms with Gasteiger partial charge in [0.15, 0.2) is 0 Å². The van der Waals surface area contributed by atoms with Crippen molar-refractivity contribution >= 4 is 44.7 Å². The van der Waals surface area contributed by atoms with E-state index in [1.165, 1.54) is 7.05 Å². The molecule has 1 atom stereocenters. The van der Waals surface area contributed by atoms with Crippen LogP contribution in [0.15, 0.2) is 70.4 Å². The molecule has 5 rings (SSSR count). The van der Waals surface area contributed by atoms with Crippen molar-refractivity contribution in [2.24, 2.45) is 11.8 Å². The highest BCUT2D eigenvalue weighted by molar-refractivity contribution is 7.89. The molecule has 1 heterocycles. The van der Waals surface area contributed by atoms with Crippen molar-refractivity contribution in [1.82, 2.24) is 25.3 Å². The molecule has 1 aliphatic rings. The lowest BCUT2D eigenvalue weighted by atomic mass is 9.81. The summed E-state index contributed by atoms with van der Waals surface area (Å²) >= 11 is 0. The van der Waals surface area contributed by atoms with Gasteiger partial charge in [0.05, 0.1) is 15.9 Å². The van der Waals surface area contributed by atoms with Gasteiger partial charge in [-0.25, -0.2) is 22.7 Å². The van der Waals surface area contributed by atoms with E-state index in [0.717, 1.165) is 35.1 Å². The first-order chi connectivity index (χ1) is 24.1. The molecule has 13 nitrogen and oxygen atoms in total. The minimum absolute atomic E-state index is 0.181. The third-order valence-corrected chi connectivity index (χ3v) is 10.5. The first-order valence-electron chi connectivity index (χ1n) is 17.0. The van der Waals surface area contributed by atoms with E-state index in [1.807, 2.05) is 52.0 Å². The zero-order valence-electron chi connectivity index (χ0n) is 29.5. The van der Waals surface area contributed by atoms with Crippen molar-refractivity contribution in [2.45, 2.75) is 76.3 Å². The van der Waals surface area contributed by atoms with Gasteiger partial charge in [0.1, 0.15) is 11.6 Å². The Morgan fingerprint density at radius 1 is 0.922 bits per heavy atom. The number of carbonyl (C=O) groups excluding carboxylic acids is 3. The number of fused-ring (bicyclic) bond motifs is 1. The molecule has 1 fully saturated rings. The number of imidazole rings is 1. The van der Waals surface area contributed by atoms with Crippen LogP contribution in [0, 0.1) is 18.8 Å². The third kappa shape index (κ3) is 9.85. The maximum atomic E-state index is 13.7. The van der Waals surface area contributed by atoms with Crippen molar-refractivity contribution in [3.05, 3.63) is 82.3 Å². The maximum absolute atomic E-state index is 13.7. The number of ether oxygens (including phenoxy) is 1. The van der Waals surface area contributed by atoms with Crippen LogP contribution in [0.3, 0.4) is 0 Å². The van der Waals surface area contributed by atoms with Gasteiger partial charge in [-0.05, 0) is 119 Å². The summed E-state index contributed by atoms with van der Waals surface area (Å²) in [5.41, 5.74) is 4.03. The first-order valence-corrected chi connectivity index (χ1v) is 18.5. The number of aryl methyl sites for hydroxylation is 1. The van der Waals surface area contributed by atoms with Crippen LogP contribution in [-0.2, 0) is 30.8 Å². The van der Waals surface area contributed by atoms with Gasteiger partial charge >= 0.3 is 11.8 Å². The van der Waals surface area contributed by atoms with E-state index in [-0.39, 0.29) is 34.7 Å². The Kier molecular flexibility index (Phi) is 11.4. The second-order valence-corrected chi connectivity index (χ2v) is 16.0. The van der Waals surface area contributed by atoms with Crippen LogP contribution >= 0.6 is 0 Å². The zero-order chi connectivity index (χ0) is 36.9. The van der Waals surface area contributed by atoms with Crippen LogP contribution in [0.4, 0.5) is 10.5 Å². The Bertz CT molecular complexity index is 2060. The molecule has 14 heteroatoms. The number of benzene rings is 3. The molecule has 0 aliphatic heterocycles. The van der Waals surface area contributed by atoms with Gasteiger partial charge in [-0.3, -0.25) is 9.59 Å². The number of nitrogens with one attached hydrogen (secondary N) is 6. The molecular weight excluding hydrogens is 673 g/mol. The molecule has 1 aromatic heterocycles. The summed E-state index contributed by atoms with van der Waals surface area (Å²) in [5.74, 6) is -0.666. The zero-order valence-corrected chi connectivity index (χ0v) is 30.3. The van der Waals surface area contributed by atoms with Crippen LogP contribution < -0.4 is 26.4 Å². The third-order valence-electron chi connectivity index (χ3n) is 9.05. The molecule has 3 amide bonds. The molecule has 0 unspecified atom stereocenters. The molecule has 272 valence electrons. The molecular formula is C37H46N6O7S. The fraction of sp³-hybridized carbons (Fsp3) is 0.405. The fourth-order valence-corrected chi connectivity index (χ4v) is 7.13. The Morgan fingerprint density at radius 2 is 1.61 bits per heavy atom. The average molecular weight is 719 g/mol. The number of hydrogen-bond donors (Lipinski definition) is 6. The summed E-state index contributed by atoms with van der Waals surface area (Å²) in [6.45, 7) is 7.75. The van der Waals surface area contributed by atoms with Gasteiger partial charge in [0.2, 0.25) is 21.8 Å². The second kappa shape index (κ2) is 15.5. The molecule has 51 heavy (non-hydrogen) atoms. The van der Waals surface area contributed by atoms with E-state index < -0.39 is 33.7 Å². The maximum Gasteiger partial charge on any atom is 0.407 e. The molecule has 0 radical (unpaired) electrons. The number of anilines is 1. The molecule has 0 spiro atoms. The predicted molar refractivity (Wildman–Crippen MR) is 196 cm³/mol. The highest BCUT2D eigenvalue weighted by atomic mass is 32.2. The highest BCUT2D eigenvalue weighted by Crippen LogP contribution is 2.30. The number of amides is 3. The standard InChI is InChI=1S/C37H46N6O7S/c1-22-18-28(51(48,49)38-5)15-16-29(22)25-10-6-23(7-11-25)19-32(34(45)40-27-14-17-30-31(20-27)43-35(46)42-30)41-33(44)26-12-8-24(9-13-26)21-39-36(47)50-37(2,3)4/h6-7,10-11,14-18,20,24,26,32,38H,8-9,12-13,19,21H2,1-5H3,(H,39,47)(H,40,45)(H,41,44)(H2,42,43,46)/t24?,26?,32-/m0/s1. The number of aromatic amines is 2. The summed E-state index contributed by atoms with van der Waals surface area (Å²) in [7, 11) is -2.20. The minimum Gasteiger partial charge on any atom is -0.444 e. The molecule has 3 aromatic carbocycles. The summed E-state index contributed by atoms with van der Waals surface area (Å²) < 4.78 is 32.2. The summed E-state index contributed by atoms with van der Waals surface area (Å²) in [4.78, 5) is 56.7. The van der Waals surface area contributed by atoms with Crippen LogP contribution in [0.5, 0.6) is 0 Å². The van der Waals surface area contributed by atoms with E-state index in [1.54, 1.807) is 36.4 Å². The van der Waals surface area contributed by atoms with Crippen molar-refractivity contribution in [3.63, 3.8) is 0 Å². The Hall–Kier alpha value is -4.95. The Balaban J connectivity index is 1.27. The number of alkyl carbamates (subject to hydrolysis) is 1. The van der Waals surface area contributed by atoms with Gasteiger partial charge in [-0.15, -0.1) is 0 Å². The highest BCUT2D eigenvalue weighted by Gasteiger charge is 2.30. The number of sulfonamides is 1. The van der Waals surface area contributed by atoms with Crippen LogP contribution in [0.2, 0.25) is 0 Å². The molecule has 1 saturated carbocycles. The SMILES string of the molecule is CNS(=O)(=O)c1ccc(-c2ccc(C[C@H](NC(=O)C3CCC(CNC(=O)OC(C)(C)C)CC3)C(=O)Nc3ccc4[nH]c(=O)[nH]c4c3)cc2)c(C)c1. The molecule has 4 aromatic rings. The van der Waals surface area contributed by atoms with E-state index in [2.05, 4.69) is 30.6 Å². The molecule has 0 bridgehead atoms. The van der Waals surface area contributed by atoms with Gasteiger partial charge in [0.25, 0.3) is 0 Å². The summed E-state index contributed by atoms with van der Waals surface area (Å²) in [5, 5.41) is 8.72. The summed E-state index contributed by atoms with van der Waals surface area (Å²) in [6.07, 6.45) is 2.51. The van der Waals surface area contributed by atoms with E-state index in [9.17, 15) is 27.6 Å². The average Bonchev–Trinajstić information content (AvgIpc) is 3.46. The van der Waals surface area contributed by atoms with Crippen molar-refractivity contribution in [2.75, 3.05) is 18.9 Å². The van der Waals surface area contributed by atoms with E-state index >= 15 is 0 Å². The van der Waals surface area contributed by atoms with Gasteiger partial charge in [-0.2, -0.15) is 0 Å². The normalized spacial score (nSPS) is 17.0. The predicted octanol–water partition coefficient (Wildman–Crippen LogP) is 4.74. The minimum atomic E-state index is -3.57. The Labute approximate surface area is 297 Å². The quantitative estimate of drug-likeness (QED) is 0.129. The topological polar surface area (TPSA) is 191 Å². The van der Waals surface area contributed by atoms with Gasteiger partial charge in [-0.1, -0.05) is 30.3 Å². The monoisotopic (exact) mass is 718 g/mol.